The van der Waals surface area contributed by atoms with Gasteiger partial charge in [0.15, 0.2) is 0 Å². The van der Waals surface area contributed by atoms with Gasteiger partial charge in [0.05, 0.1) is 5.69 Å². The molecule has 4 nitrogen and oxygen atoms in total. The minimum atomic E-state index is -0.0599. The van der Waals surface area contributed by atoms with E-state index in [1.165, 1.54) is 18.4 Å². The first-order chi connectivity index (χ1) is 10.9. The lowest BCUT2D eigenvalue weighted by atomic mass is 10.1. The van der Waals surface area contributed by atoms with Gasteiger partial charge in [-0.25, -0.2) is 4.98 Å². The zero-order valence-corrected chi connectivity index (χ0v) is 14.6. The summed E-state index contributed by atoms with van der Waals surface area (Å²) in [7, 11) is 0. The van der Waals surface area contributed by atoms with Gasteiger partial charge in [-0.3, -0.25) is 0 Å². The Morgan fingerprint density at radius 2 is 1.83 bits per heavy atom. The van der Waals surface area contributed by atoms with E-state index in [-0.39, 0.29) is 5.54 Å². The summed E-state index contributed by atoms with van der Waals surface area (Å²) < 4.78 is 0. The van der Waals surface area contributed by atoms with Gasteiger partial charge in [0.1, 0.15) is 5.82 Å². The van der Waals surface area contributed by atoms with Crippen LogP contribution in [0.1, 0.15) is 50.8 Å². The first-order valence-electron chi connectivity index (χ1n) is 8.04. The third-order valence-corrected chi connectivity index (χ3v) is 3.87. The van der Waals surface area contributed by atoms with Crippen LogP contribution in [0.25, 0.3) is 0 Å². The zero-order chi connectivity index (χ0) is 16.4. The normalized spacial score (nSPS) is 14.6. The Morgan fingerprint density at radius 1 is 1.13 bits per heavy atom. The Labute approximate surface area is 142 Å². The second kappa shape index (κ2) is 6.36. The number of hydrogen-bond acceptors (Lipinski definition) is 4. The van der Waals surface area contributed by atoms with Gasteiger partial charge in [-0.05, 0) is 51.3 Å². The van der Waals surface area contributed by atoms with Crippen molar-refractivity contribution in [2.24, 2.45) is 0 Å². The van der Waals surface area contributed by atoms with Crippen LogP contribution in [-0.4, -0.2) is 15.5 Å². The number of aromatic nitrogens is 2. The summed E-state index contributed by atoms with van der Waals surface area (Å²) in [5.74, 6) is 2.15. The monoisotopic (exact) mass is 330 g/mol. The van der Waals surface area contributed by atoms with Crippen molar-refractivity contribution in [2.75, 3.05) is 10.6 Å². The number of benzene rings is 1. The highest BCUT2D eigenvalue weighted by Gasteiger charge is 2.26. The van der Waals surface area contributed by atoms with E-state index in [0.717, 1.165) is 16.5 Å². The van der Waals surface area contributed by atoms with Gasteiger partial charge in [0.2, 0.25) is 5.95 Å². The van der Waals surface area contributed by atoms with Crippen LogP contribution in [0.3, 0.4) is 0 Å². The largest absolute Gasteiger partial charge is 0.366 e. The molecule has 0 radical (unpaired) electrons. The van der Waals surface area contributed by atoms with Crippen molar-refractivity contribution in [3.63, 3.8) is 0 Å². The van der Waals surface area contributed by atoms with Gasteiger partial charge in [-0.15, -0.1) is 0 Å². The molecule has 1 aliphatic rings. The van der Waals surface area contributed by atoms with Gasteiger partial charge < -0.3 is 10.6 Å². The van der Waals surface area contributed by atoms with E-state index >= 15 is 0 Å². The molecule has 0 unspecified atom stereocenters. The van der Waals surface area contributed by atoms with Crippen LogP contribution >= 0.6 is 11.6 Å². The minimum absolute atomic E-state index is 0.0599. The highest BCUT2D eigenvalue weighted by Crippen LogP contribution is 2.40. The Hall–Kier alpha value is -1.81. The molecule has 0 aliphatic heterocycles. The van der Waals surface area contributed by atoms with Gasteiger partial charge in [0, 0.05) is 29.1 Å². The topological polar surface area (TPSA) is 49.8 Å². The average molecular weight is 331 g/mol. The maximum Gasteiger partial charge on any atom is 0.225 e. The summed E-state index contributed by atoms with van der Waals surface area (Å²) in [6.45, 7) is 7.05. The van der Waals surface area contributed by atoms with E-state index in [1.54, 1.807) is 0 Å². The quantitative estimate of drug-likeness (QED) is 0.824. The van der Waals surface area contributed by atoms with Crippen molar-refractivity contribution in [1.29, 1.82) is 0 Å². The van der Waals surface area contributed by atoms with Crippen LogP contribution in [0.5, 0.6) is 0 Å². The SMILES string of the molecule is CC(C)(C)Nc1nc(NCc2ccc(Cl)cc2)cc(C2CC2)n1. The fraction of sp³-hybridized carbons (Fsp3) is 0.444. The molecule has 122 valence electrons. The smallest absolute Gasteiger partial charge is 0.225 e. The van der Waals surface area contributed by atoms with E-state index < -0.39 is 0 Å². The predicted molar refractivity (Wildman–Crippen MR) is 96.2 cm³/mol. The zero-order valence-electron chi connectivity index (χ0n) is 13.9. The number of hydrogen-bond donors (Lipinski definition) is 2. The maximum atomic E-state index is 5.92. The number of nitrogens with one attached hydrogen (secondary N) is 2. The lowest BCUT2D eigenvalue weighted by molar-refractivity contribution is 0.625. The molecule has 1 aliphatic carbocycles. The fourth-order valence-electron chi connectivity index (χ4n) is 2.33. The maximum absolute atomic E-state index is 5.92. The van der Waals surface area contributed by atoms with Crippen LogP contribution in [-0.2, 0) is 6.54 Å². The van der Waals surface area contributed by atoms with Crippen molar-refractivity contribution in [3.05, 3.63) is 46.6 Å². The summed E-state index contributed by atoms with van der Waals surface area (Å²) in [5, 5.41) is 7.52. The third-order valence-electron chi connectivity index (χ3n) is 3.62. The van der Waals surface area contributed by atoms with Crippen molar-refractivity contribution < 1.29 is 0 Å². The van der Waals surface area contributed by atoms with E-state index in [1.807, 2.05) is 24.3 Å². The van der Waals surface area contributed by atoms with E-state index in [2.05, 4.69) is 47.4 Å². The summed E-state index contributed by atoms with van der Waals surface area (Å²) in [6, 6.07) is 9.92. The highest BCUT2D eigenvalue weighted by atomic mass is 35.5. The molecule has 0 spiro atoms. The number of anilines is 2. The molecule has 1 saturated carbocycles. The average Bonchev–Trinajstić information content (AvgIpc) is 3.29. The third kappa shape index (κ3) is 4.83. The van der Waals surface area contributed by atoms with Gasteiger partial charge in [-0.1, -0.05) is 23.7 Å². The molecule has 5 heteroatoms. The first-order valence-corrected chi connectivity index (χ1v) is 8.42. The molecule has 1 fully saturated rings. The standard InChI is InChI=1S/C18H23ClN4/c1-18(2,3)23-17-21-15(13-6-7-13)10-16(22-17)20-11-12-4-8-14(19)9-5-12/h4-5,8-10,13H,6-7,11H2,1-3H3,(H2,20,21,22,23). The van der Waals surface area contributed by atoms with Crippen molar-refractivity contribution >= 4 is 23.4 Å². The summed E-state index contributed by atoms with van der Waals surface area (Å²) >= 11 is 5.92. The molecule has 2 aromatic rings. The fourth-order valence-corrected chi connectivity index (χ4v) is 2.46. The van der Waals surface area contributed by atoms with Crippen LogP contribution in [0.15, 0.2) is 30.3 Å². The Bertz CT molecular complexity index is 672. The Kier molecular flexibility index (Phi) is 4.44. The van der Waals surface area contributed by atoms with E-state index in [4.69, 9.17) is 11.6 Å². The van der Waals surface area contributed by atoms with Crippen molar-refractivity contribution in [1.82, 2.24) is 9.97 Å². The number of nitrogens with zero attached hydrogens (tertiary/aromatic N) is 2. The van der Waals surface area contributed by atoms with Crippen LogP contribution in [0.4, 0.5) is 11.8 Å². The van der Waals surface area contributed by atoms with Crippen LogP contribution in [0, 0.1) is 0 Å². The molecule has 3 rings (SSSR count). The minimum Gasteiger partial charge on any atom is -0.366 e. The van der Waals surface area contributed by atoms with Gasteiger partial charge in [0.25, 0.3) is 0 Å². The molecule has 0 amide bonds. The first kappa shape index (κ1) is 16.1. The Balaban J connectivity index is 1.75. The molecule has 0 bridgehead atoms. The second-order valence-corrected chi connectivity index (χ2v) is 7.57. The molecule has 2 N–H and O–H groups in total. The predicted octanol–water partition coefficient (Wildman–Crippen LogP) is 4.83. The van der Waals surface area contributed by atoms with Gasteiger partial charge >= 0.3 is 0 Å². The second-order valence-electron chi connectivity index (χ2n) is 7.13. The molecular formula is C18H23ClN4. The molecule has 0 saturated heterocycles. The molecule has 23 heavy (non-hydrogen) atoms. The molecule has 1 aromatic heterocycles. The van der Waals surface area contributed by atoms with Gasteiger partial charge in [-0.2, -0.15) is 4.98 Å². The molecule has 1 aromatic carbocycles. The summed E-state index contributed by atoms with van der Waals surface area (Å²) in [4.78, 5) is 9.27. The Morgan fingerprint density at radius 3 is 2.43 bits per heavy atom. The lowest BCUT2D eigenvalue weighted by Gasteiger charge is -2.21. The molecular weight excluding hydrogens is 308 g/mol. The number of halogens is 1. The highest BCUT2D eigenvalue weighted by molar-refractivity contribution is 6.30. The van der Waals surface area contributed by atoms with Crippen molar-refractivity contribution in [2.45, 2.75) is 51.6 Å². The van der Waals surface area contributed by atoms with Crippen LogP contribution < -0.4 is 10.6 Å². The molecule has 0 atom stereocenters. The number of rotatable bonds is 5. The summed E-state index contributed by atoms with van der Waals surface area (Å²) in [5.41, 5.74) is 2.24. The summed E-state index contributed by atoms with van der Waals surface area (Å²) in [6.07, 6.45) is 2.45. The van der Waals surface area contributed by atoms with E-state index in [9.17, 15) is 0 Å². The molecule has 1 heterocycles. The van der Waals surface area contributed by atoms with Crippen molar-refractivity contribution in [3.8, 4) is 0 Å². The van der Waals surface area contributed by atoms with E-state index in [0.29, 0.717) is 18.4 Å². The lowest BCUT2D eigenvalue weighted by Crippen LogP contribution is -2.27. The van der Waals surface area contributed by atoms with Crippen LogP contribution in [0.2, 0.25) is 5.02 Å².